The topological polar surface area (TPSA) is 81.4 Å². The molecule has 0 spiro atoms. The number of carbonyl (C=O) groups is 2. The van der Waals surface area contributed by atoms with E-state index in [2.05, 4.69) is 5.32 Å². The van der Waals surface area contributed by atoms with E-state index >= 15 is 0 Å². The number of benzene rings is 1. The third-order valence-electron chi connectivity index (χ3n) is 3.13. The number of esters is 1. The molecule has 106 valence electrons. The second kappa shape index (κ2) is 6.34. The Balaban J connectivity index is 2.11. The van der Waals surface area contributed by atoms with E-state index in [-0.39, 0.29) is 17.9 Å². The Kier molecular flexibility index (Phi) is 4.53. The standard InChI is InChI=1S/C15H18N2O3/c1-2-20-15(19)12-5-3-4-6-13(12)17-14(18)10-7-8-11(16)9-10/h3-8,10-11H,2,9,16H2,1H3,(H,17,18). The summed E-state index contributed by atoms with van der Waals surface area (Å²) in [6.45, 7) is 2.03. The van der Waals surface area contributed by atoms with E-state index in [0.717, 1.165) is 0 Å². The van der Waals surface area contributed by atoms with Crippen LogP contribution in [-0.2, 0) is 9.53 Å². The molecule has 2 atom stereocenters. The Labute approximate surface area is 117 Å². The highest BCUT2D eigenvalue weighted by atomic mass is 16.5. The van der Waals surface area contributed by atoms with Crippen LogP contribution in [0, 0.1) is 5.92 Å². The number of carbonyl (C=O) groups excluding carboxylic acids is 2. The van der Waals surface area contributed by atoms with Crippen LogP contribution < -0.4 is 11.1 Å². The van der Waals surface area contributed by atoms with Crippen molar-refractivity contribution in [2.75, 3.05) is 11.9 Å². The minimum atomic E-state index is -0.443. The second-order valence-corrected chi connectivity index (χ2v) is 4.65. The number of para-hydroxylation sites is 1. The summed E-state index contributed by atoms with van der Waals surface area (Å²) in [6.07, 6.45) is 4.21. The fraction of sp³-hybridized carbons (Fsp3) is 0.333. The van der Waals surface area contributed by atoms with Crippen LogP contribution in [0.5, 0.6) is 0 Å². The van der Waals surface area contributed by atoms with Gasteiger partial charge in [-0.05, 0) is 25.5 Å². The third kappa shape index (κ3) is 3.24. The monoisotopic (exact) mass is 274 g/mol. The second-order valence-electron chi connectivity index (χ2n) is 4.65. The molecule has 0 saturated carbocycles. The molecule has 0 heterocycles. The maximum absolute atomic E-state index is 12.1. The molecule has 0 bridgehead atoms. The minimum absolute atomic E-state index is 0.0777. The lowest BCUT2D eigenvalue weighted by Gasteiger charge is -2.13. The van der Waals surface area contributed by atoms with Crippen molar-refractivity contribution in [2.45, 2.75) is 19.4 Å². The molecule has 1 aromatic rings. The van der Waals surface area contributed by atoms with Crippen LogP contribution in [0.1, 0.15) is 23.7 Å². The molecule has 0 aliphatic heterocycles. The van der Waals surface area contributed by atoms with Crippen molar-refractivity contribution >= 4 is 17.6 Å². The first-order valence-electron chi connectivity index (χ1n) is 6.62. The van der Waals surface area contributed by atoms with Gasteiger partial charge in [0.1, 0.15) is 0 Å². The SMILES string of the molecule is CCOC(=O)c1ccccc1NC(=O)C1C=CC(N)C1. The Bertz CT molecular complexity index is 540. The van der Waals surface area contributed by atoms with Gasteiger partial charge in [-0.2, -0.15) is 0 Å². The number of nitrogens with one attached hydrogen (secondary N) is 1. The first-order valence-corrected chi connectivity index (χ1v) is 6.62. The zero-order valence-corrected chi connectivity index (χ0v) is 11.3. The van der Waals surface area contributed by atoms with Crippen LogP contribution in [0.3, 0.4) is 0 Å². The molecule has 20 heavy (non-hydrogen) atoms. The Morgan fingerprint density at radius 1 is 1.35 bits per heavy atom. The number of ether oxygens (including phenoxy) is 1. The molecule has 1 aliphatic rings. The molecular weight excluding hydrogens is 256 g/mol. The highest BCUT2D eigenvalue weighted by Crippen LogP contribution is 2.21. The number of hydrogen-bond acceptors (Lipinski definition) is 4. The smallest absolute Gasteiger partial charge is 0.340 e. The fourth-order valence-corrected chi connectivity index (χ4v) is 2.13. The third-order valence-corrected chi connectivity index (χ3v) is 3.13. The van der Waals surface area contributed by atoms with E-state index in [1.54, 1.807) is 37.3 Å². The van der Waals surface area contributed by atoms with Gasteiger partial charge in [0.2, 0.25) is 5.91 Å². The lowest BCUT2D eigenvalue weighted by molar-refractivity contribution is -0.118. The first-order chi connectivity index (χ1) is 9.61. The Hall–Kier alpha value is -2.14. The van der Waals surface area contributed by atoms with E-state index in [4.69, 9.17) is 10.5 Å². The average Bonchev–Trinajstić information content (AvgIpc) is 2.86. The highest BCUT2D eigenvalue weighted by Gasteiger charge is 2.24. The number of anilines is 1. The number of amides is 1. The van der Waals surface area contributed by atoms with Crippen LogP contribution >= 0.6 is 0 Å². The lowest BCUT2D eigenvalue weighted by Crippen LogP contribution is -2.25. The van der Waals surface area contributed by atoms with Gasteiger partial charge in [-0.25, -0.2) is 4.79 Å². The summed E-state index contributed by atoms with van der Waals surface area (Å²) in [5.74, 6) is -0.853. The number of nitrogens with two attached hydrogens (primary N) is 1. The maximum Gasteiger partial charge on any atom is 0.340 e. The summed E-state index contributed by atoms with van der Waals surface area (Å²) in [7, 11) is 0. The van der Waals surface area contributed by atoms with Gasteiger partial charge in [0.25, 0.3) is 0 Å². The van der Waals surface area contributed by atoms with Gasteiger partial charge in [0, 0.05) is 6.04 Å². The molecule has 0 aromatic heterocycles. The van der Waals surface area contributed by atoms with Gasteiger partial charge >= 0.3 is 5.97 Å². The van der Waals surface area contributed by atoms with E-state index in [1.807, 2.05) is 6.08 Å². The maximum atomic E-state index is 12.1. The van der Waals surface area contributed by atoms with Crippen LogP contribution in [-0.4, -0.2) is 24.5 Å². The van der Waals surface area contributed by atoms with Crippen molar-refractivity contribution in [3.63, 3.8) is 0 Å². The summed E-state index contributed by atoms with van der Waals surface area (Å²) >= 11 is 0. The fourth-order valence-electron chi connectivity index (χ4n) is 2.13. The molecule has 5 heteroatoms. The zero-order valence-electron chi connectivity index (χ0n) is 11.3. The Morgan fingerprint density at radius 3 is 2.75 bits per heavy atom. The predicted octanol–water partition coefficient (Wildman–Crippen LogP) is 1.71. The molecule has 0 radical (unpaired) electrons. The molecule has 5 nitrogen and oxygen atoms in total. The predicted molar refractivity (Wildman–Crippen MR) is 76.3 cm³/mol. The van der Waals surface area contributed by atoms with Crippen molar-refractivity contribution in [2.24, 2.45) is 11.7 Å². The van der Waals surface area contributed by atoms with Gasteiger partial charge in [0.15, 0.2) is 0 Å². The lowest BCUT2D eigenvalue weighted by atomic mass is 10.1. The largest absolute Gasteiger partial charge is 0.462 e. The summed E-state index contributed by atoms with van der Waals surface area (Å²) in [4.78, 5) is 23.9. The highest BCUT2D eigenvalue weighted by molar-refractivity contribution is 6.02. The van der Waals surface area contributed by atoms with Crippen LogP contribution in [0.15, 0.2) is 36.4 Å². The van der Waals surface area contributed by atoms with Crippen molar-refractivity contribution in [1.82, 2.24) is 0 Å². The molecule has 2 rings (SSSR count). The number of hydrogen-bond donors (Lipinski definition) is 2. The quantitative estimate of drug-likeness (QED) is 0.647. The van der Waals surface area contributed by atoms with Crippen LogP contribution in [0.4, 0.5) is 5.69 Å². The van der Waals surface area contributed by atoms with E-state index in [0.29, 0.717) is 24.3 Å². The molecule has 1 amide bonds. The molecule has 2 unspecified atom stereocenters. The van der Waals surface area contributed by atoms with Gasteiger partial charge in [-0.1, -0.05) is 24.3 Å². The van der Waals surface area contributed by atoms with E-state index in [1.165, 1.54) is 0 Å². The van der Waals surface area contributed by atoms with Gasteiger partial charge in [-0.3, -0.25) is 4.79 Å². The average molecular weight is 274 g/mol. The molecule has 0 fully saturated rings. The Morgan fingerprint density at radius 2 is 2.10 bits per heavy atom. The van der Waals surface area contributed by atoms with Crippen molar-refractivity contribution < 1.29 is 14.3 Å². The van der Waals surface area contributed by atoms with Crippen LogP contribution in [0.25, 0.3) is 0 Å². The molecule has 1 aromatic carbocycles. The van der Waals surface area contributed by atoms with Gasteiger partial charge in [-0.15, -0.1) is 0 Å². The van der Waals surface area contributed by atoms with Crippen molar-refractivity contribution in [3.8, 4) is 0 Å². The van der Waals surface area contributed by atoms with E-state index < -0.39 is 5.97 Å². The molecule has 3 N–H and O–H groups in total. The summed E-state index contributed by atoms with van der Waals surface area (Å²) in [5.41, 5.74) is 6.55. The van der Waals surface area contributed by atoms with Crippen molar-refractivity contribution in [1.29, 1.82) is 0 Å². The van der Waals surface area contributed by atoms with Crippen LogP contribution in [0.2, 0.25) is 0 Å². The van der Waals surface area contributed by atoms with Crippen molar-refractivity contribution in [3.05, 3.63) is 42.0 Å². The number of rotatable bonds is 4. The normalized spacial score (nSPS) is 20.7. The summed E-state index contributed by atoms with van der Waals surface area (Å²) in [5, 5.41) is 2.77. The minimum Gasteiger partial charge on any atom is -0.462 e. The zero-order chi connectivity index (χ0) is 14.5. The summed E-state index contributed by atoms with van der Waals surface area (Å²) < 4.78 is 4.97. The molecule has 1 aliphatic carbocycles. The van der Waals surface area contributed by atoms with Gasteiger partial charge < -0.3 is 15.8 Å². The summed E-state index contributed by atoms with van der Waals surface area (Å²) in [6, 6.07) is 6.72. The molecule has 0 saturated heterocycles. The van der Waals surface area contributed by atoms with E-state index in [9.17, 15) is 9.59 Å². The van der Waals surface area contributed by atoms with Gasteiger partial charge in [0.05, 0.1) is 23.8 Å². The molecular formula is C15H18N2O3. The first kappa shape index (κ1) is 14.3.